The SMILES string of the molecule is CCN(CCOC(=O)Oc1ccccc1)c1ccccc1.Cl. The van der Waals surface area contributed by atoms with Gasteiger partial charge in [0, 0.05) is 12.2 Å². The molecule has 0 aliphatic rings. The summed E-state index contributed by atoms with van der Waals surface area (Å²) in [6.45, 7) is 3.83. The number of anilines is 1. The maximum Gasteiger partial charge on any atom is 0.513 e. The first-order valence-corrected chi connectivity index (χ1v) is 6.99. The Morgan fingerprint density at radius 3 is 2.18 bits per heavy atom. The molecule has 0 N–H and O–H groups in total. The number of carbonyl (C=O) groups is 1. The molecule has 0 heterocycles. The van der Waals surface area contributed by atoms with Gasteiger partial charge in [0.25, 0.3) is 0 Å². The number of para-hydroxylation sites is 2. The fourth-order valence-electron chi connectivity index (χ4n) is 1.96. The van der Waals surface area contributed by atoms with Crippen LogP contribution >= 0.6 is 12.4 Å². The van der Waals surface area contributed by atoms with Crippen LogP contribution in [0.5, 0.6) is 5.75 Å². The molecule has 0 aliphatic heterocycles. The molecule has 4 nitrogen and oxygen atoms in total. The van der Waals surface area contributed by atoms with E-state index in [4.69, 9.17) is 9.47 Å². The van der Waals surface area contributed by atoms with Gasteiger partial charge < -0.3 is 14.4 Å². The van der Waals surface area contributed by atoms with Crippen molar-refractivity contribution >= 4 is 24.2 Å². The zero-order valence-corrected chi connectivity index (χ0v) is 13.3. The molecule has 0 saturated carbocycles. The Kier molecular flexibility index (Phi) is 7.86. The van der Waals surface area contributed by atoms with Crippen LogP contribution in [0.4, 0.5) is 10.5 Å². The van der Waals surface area contributed by atoms with Gasteiger partial charge in [-0.15, -0.1) is 12.4 Å². The lowest BCUT2D eigenvalue weighted by molar-refractivity contribution is 0.101. The molecule has 5 heteroatoms. The van der Waals surface area contributed by atoms with Crippen molar-refractivity contribution < 1.29 is 14.3 Å². The van der Waals surface area contributed by atoms with Crippen LogP contribution in [0.2, 0.25) is 0 Å². The Hall–Kier alpha value is -2.20. The topological polar surface area (TPSA) is 38.8 Å². The number of hydrogen-bond donors (Lipinski definition) is 0. The van der Waals surface area contributed by atoms with Crippen molar-refractivity contribution in [2.24, 2.45) is 0 Å². The molecule has 0 saturated heterocycles. The average molecular weight is 322 g/mol. The Morgan fingerprint density at radius 2 is 1.59 bits per heavy atom. The van der Waals surface area contributed by atoms with E-state index in [1.807, 2.05) is 36.4 Å². The van der Waals surface area contributed by atoms with E-state index >= 15 is 0 Å². The van der Waals surface area contributed by atoms with E-state index < -0.39 is 6.16 Å². The molecule has 0 atom stereocenters. The van der Waals surface area contributed by atoms with Crippen molar-refractivity contribution in [2.75, 3.05) is 24.6 Å². The minimum atomic E-state index is -0.676. The molecule has 0 fully saturated rings. The summed E-state index contributed by atoms with van der Waals surface area (Å²) in [5, 5.41) is 0. The number of hydrogen-bond acceptors (Lipinski definition) is 4. The monoisotopic (exact) mass is 321 g/mol. The fraction of sp³-hybridized carbons (Fsp3) is 0.235. The molecule has 118 valence electrons. The first-order valence-electron chi connectivity index (χ1n) is 6.99. The Bertz CT molecular complexity index is 548. The van der Waals surface area contributed by atoms with E-state index in [1.54, 1.807) is 24.3 Å². The molecular formula is C17H20ClNO3. The fourth-order valence-corrected chi connectivity index (χ4v) is 1.96. The van der Waals surface area contributed by atoms with Crippen molar-refractivity contribution in [1.29, 1.82) is 0 Å². The first kappa shape index (κ1) is 17.9. The van der Waals surface area contributed by atoms with Gasteiger partial charge in [-0.1, -0.05) is 36.4 Å². The quantitative estimate of drug-likeness (QED) is 0.592. The normalized spacial score (nSPS) is 9.50. The van der Waals surface area contributed by atoms with Crippen LogP contribution in [-0.2, 0) is 4.74 Å². The zero-order valence-electron chi connectivity index (χ0n) is 12.5. The summed E-state index contributed by atoms with van der Waals surface area (Å²) in [5.74, 6) is 0.484. The minimum absolute atomic E-state index is 0. The van der Waals surface area contributed by atoms with Gasteiger partial charge >= 0.3 is 6.16 Å². The average Bonchev–Trinajstić information content (AvgIpc) is 2.53. The summed E-state index contributed by atoms with van der Waals surface area (Å²) in [7, 11) is 0. The maximum atomic E-state index is 11.6. The van der Waals surface area contributed by atoms with Crippen molar-refractivity contribution in [3.05, 3.63) is 60.7 Å². The number of likely N-dealkylation sites (N-methyl/N-ethyl adjacent to an activating group) is 1. The van der Waals surface area contributed by atoms with Crippen LogP contribution in [0.3, 0.4) is 0 Å². The molecule has 0 spiro atoms. The number of nitrogens with zero attached hydrogens (tertiary/aromatic N) is 1. The third-order valence-electron chi connectivity index (χ3n) is 3.03. The van der Waals surface area contributed by atoms with Gasteiger partial charge in [0.15, 0.2) is 0 Å². The van der Waals surface area contributed by atoms with Crippen LogP contribution in [-0.4, -0.2) is 25.9 Å². The molecule has 2 aromatic carbocycles. The van der Waals surface area contributed by atoms with Gasteiger partial charge in [-0.05, 0) is 31.2 Å². The zero-order chi connectivity index (χ0) is 14.9. The minimum Gasteiger partial charge on any atom is -0.432 e. The molecule has 0 amide bonds. The van der Waals surface area contributed by atoms with Crippen molar-refractivity contribution in [3.8, 4) is 5.75 Å². The second kappa shape index (κ2) is 9.68. The second-order valence-corrected chi connectivity index (χ2v) is 4.43. The molecular weight excluding hydrogens is 302 g/mol. The standard InChI is InChI=1S/C17H19NO3.ClH/c1-2-18(15-9-5-3-6-10-15)13-14-20-17(19)21-16-11-7-4-8-12-16;/h3-12H,2,13-14H2,1H3;1H. The third-order valence-corrected chi connectivity index (χ3v) is 3.03. The van der Waals surface area contributed by atoms with E-state index in [-0.39, 0.29) is 19.0 Å². The summed E-state index contributed by atoms with van der Waals surface area (Å²) < 4.78 is 10.2. The van der Waals surface area contributed by atoms with Gasteiger partial charge in [-0.3, -0.25) is 0 Å². The van der Waals surface area contributed by atoms with Crippen LogP contribution in [0.25, 0.3) is 0 Å². The summed E-state index contributed by atoms with van der Waals surface area (Å²) in [6.07, 6.45) is -0.676. The van der Waals surface area contributed by atoms with Crippen LogP contribution < -0.4 is 9.64 Å². The van der Waals surface area contributed by atoms with E-state index in [0.29, 0.717) is 12.3 Å². The van der Waals surface area contributed by atoms with Crippen LogP contribution in [0, 0.1) is 0 Å². The summed E-state index contributed by atoms with van der Waals surface area (Å²) in [5.41, 5.74) is 1.11. The van der Waals surface area contributed by atoms with Gasteiger partial charge in [0.05, 0.1) is 6.54 Å². The lowest BCUT2D eigenvalue weighted by atomic mass is 10.3. The molecule has 2 rings (SSSR count). The second-order valence-electron chi connectivity index (χ2n) is 4.43. The number of ether oxygens (including phenoxy) is 2. The Balaban J connectivity index is 0.00000242. The summed E-state index contributed by atoms with van der Waals surface area (Å²) >= 11 is 0. The molecule has 0 radical (unpaired) electrons. The van der Waals surface area contributed by atoms with E-state index in [0.717, 1.165) is 12.2 Å². The molecule has 22 heavy (non-hydrogen) atoms. The lowest BCUT2D eigenvalue weighted by Gasteiger charge is -2.22. The first-order chi connectivity index (χ1) is 10.3. The molecule has 0 unspecified atom stereocenters. The number of carbonyl (C=O) groups excluding carboxylic acids is 1. The molecule has 0 aliphatic carbocycles. The smallest absolute Gasteiger partial charge is 0.432 e. The highest BCUT2D eigenvalue weighted by Crippen LogP contribution is 2.12. The number of halogens is 1. The van der Waals surface area contributed by atoms with Crippen molar-refractivity contribution in [1.82, 2.24) is 0 Å². The summed E-state index contributed by atoms with van der Waals surface area (Å²) in [6, 6.07) is 18.9. The van der Waals surface area contributed by atoms with Crippen molar-refractivity contribution in [2.45, 2.75) is 6.92 Å². The van der Waals surface area contributed by atoms with Gasteiger partial charge in [0.2, 0.25) is 0 Å². The molecule has 0 bridgehead atoms. The predicted molar refractivity (Wildman–Crippen MR) is 90.0 cm³/mol. The van der Waals surface area contributed by atoms with Crippen LogP contribution in [0.15, 0.2) is 60.7 Å². The number of benzene rings is 2. The van der Waals surface area contributed by atoms with Gasteiger partial charge in [0.1, 0.15) is 12.4 Å². The van der Waals surface area contributed by atoms with E-state index in [1.165, 1.54) is 0 Å². The highest BCUT2D eigenvalue weighted by atomic mass is 35.5. The maximum absolute atomic E-state index is 11.6. The highest BCUT2D eigenvalue weighted by Gasteiger charge is 2.08. The molecule has 2 aromatic rings. The largest absolute Gasteiger partial charge is 0.513 e. The Morgan fingerprint density at radius 1 is 1.00 bits per heavy atom. The predicted octanol–water partition coefficient (Wildman–Crippen LogP) is 4.15. The third kappa shape index (κ3) is 5.66. The Labute approximate surface area is 137 Å². The van der Waals surface area contributed by atoms with Gasteiger partial charge in [-0.2, -0.15) is 0 Å². The van der Waals surface area contributed by atoms with Crippen molar-refractivity contribution in [3.63, 3.8) is 0 Å². The van der Waals surface area contributed by atoms with Crippen LogP contribution in [0.1, 0.15) is 6.92 Å². The van der Waals surface area contributed by atoms with Gasteiger partial charge in [-0.25, -0.2) is 4.79 Å². The highest BCUT2D eigenvalue weighted by molar-refractivity contribution is 5.85. The lowest BCUT2D eigenvalue weighted by Crippen LogP contribution is -2.28. The molecule has 0 aromatic heterocycles. The number of rotatable bonds is 6. The van der Waals surface area contributed by atoms with E-state index in [2.05, 4.69) is 11.8 Å². The van der Waals surface area contributed by atoms with E-state index in [9.17, 15) is 4.79 Å². The summed E-state index contributed by atoms with van der Waals surface area (Å²) in [4.78, 5) is 13.7.